The van der Waals surface area contributed by atoms with Crippen molar-refractivity contribution in [2.45, 2.75) is 23.1 Å². The molecule has 0 radical (unpaired) electrons. The molecule has 1 N–H and O–H groups in total. The molecule has 0 aliphatic carbocycles. The second-order valence-electron chi connectivity index (χ2n) is 4.67. The smallest absolute Gasteiger partial charge is 0.208 e. The summed E-state index contributed by atoms with van der Waals surface area (Å²) < 4.78 is 25.0. The first kappa shape index (κ1) is 12.2. The molecule has 0 amide bonds. The highest BCUT2D eigenvalue weighted by atomic mass is 32.2. The van der Waals surface area contributed by atoms with E-state index in [0.29, 0.717) is 4.90 Å². The van der Waals surface area contributed by atoms with Gasteiger partial charge in [-0.25, -0.2) is 13.4 Å². The minimum absolute atomic E-state index is 0.263. The highest BCUT2D eigenvalue weighted by Crippen LogP contribution is 2.26. The van der Waals surface area contributed by atoms with E-state index in [-0.39, 0.29) is 4.90 Å². The Kier molecular flexibility index (Phi) is 2.78. The topological polar surface area (TPSA) is 59.1 Å². The number of rotatable bonds is 2. The van der Waals surface area contributed by atoms with Gasteiger partial charge in [0.1, 0.15) is 5.82 Å². The Morgan fingerprint density at radius 1 is 1.16 bits per heavy atom. The van der Waals surface area contributed by atoms with Crippen LogP contribution in [0.3, 0.4) is 0 Å². The van der Waals surface area contributed by atoms with Gasteiger partial charge in [-0.15, -0.1) is 0 Å². The van der Waals surface area contributed by atoms with Crippen molar-refractivity contribution in [1.29, 1.82) is 0 Å². The van der Waals surface area contributed by atoms with Crippen LogP contribution in [0.15, 0.2) is 46.3 Å². The third-order valence-electron chi connectivity index (χ3n) is 3.27. The fraction of sp³-hybridized carbons (Fsp3) is 0.214. The fourth-order valence-corrected chi connectivity index (χ4v) is 3.41. The summed E-state index contributed by atoms with van der Waals surface area (Å²) in [6, 6.07) is 8.59. The first-order chi connectivity index (χ1) is 9.07. The number of aryl methyl sites for hydroxylation is 1. The Bertz CT molecular complexity index is 722. The van der Waals surface area contributed by atoms with E-state index in [2.05, 4.69) is 10.3 Å². The predicted molar refractivity (Wildman–Crippen MR) is 73.1 cm³/mol. The molecular weight excluding hydrogens is 260 g/mol. The van der Waals surface area contributed by atoms with Crippen molar-refractivity contribution in [2.24, 2.45) is 0 Å². The van der Waals surface area contributed by atoms with Crippen LogP contribution in [0.5, 0.6) is 0 Å². The molecule has 1 aliphatic rings. The quantitative estimate of drug-likeness (QED) is 0.912. The van der Waals surface area contributed by atoms with Crippen LogP contribution in [0.4, 0.5) is 5.82 Å². The van der Waals surface area contributed by atoms with Crippen molar-refractivity contribution in [1.82, 2.24) is 4.98 Å². The molecule has 0 spiro atoms. The molecule has 98 valence electrons. The molecule has 2 aromatic rings. The van der Waals surface area contributed by atoms with Gasteiger partial charge in [-0.05, 0) is 37.1 Å². The Labute approximate surface area is 112 Å². The van der Waals surface area contributed by atoms with Gasteiger partial charge in [-0.2, -0.15) is 0 Å². The average Bonchev–Trinajstić information content (AvgIpc) is 2.86. The summed E-state index contributed by atoms with van der Waals surface area (Å²) in [5.74, 6) is 0.794. The van der Waals surface area contributed by atoms with E-state index in [1.807, 2.05) is 6.92 Å². The van der Waals surface area contributed by atoms with E-state index in [1.54, 1.807) is 30.3 Å². The SMILES string of the molecule is Cc1ccc(S(=O)(=O)c2cnc3c(c2)CCN3)cc1. The molecule has 0 bridgehead atoms. The van der Waals surface area contributed by atoms with Crippen LogP contribution in [0.25, 0.3) is 0 Å². The number of fused-ring (bicyclic) bond motifs is 1. The first-order valence-corrected chi connectivity index (χ1v) is 7.60. The normalized spacial score (nSPS) is 13.9. The van der Waals surface area contributed by atoms with Crippen molar-refractivity contribution in [3.8, 4) is 0 Å². The van der Waals surface area contributed by atoms with Crippen molar-refractivity contribution >= 4 is 15.7 Å². The van der Waals surface area contributed by atoms with Crippen LogP contribution < -0.4 is 5.32 Å². The third kappa shape index (κ3) is 2.10. The molecule has 2 heterocycles. The summed E-state index contributed by atoms with van der Waals surface area (Å²) in [4.78, 5) is 4.75. The summed E-state index contributed by atoms with van der Waals surface area (Å²) in [6.07, 6.45) is 2.24. The summed E-state index contributed by atoms with van der Waals surface area (Å²) in [7, 11) is -3.47. The van der Waals surface area contributed by atoms with E-state index in [1.165, 1.54) is 6.20 Å². The zero-order valence-electron chi connectivity index (χ0n) is 10.6. The number of aromatic nitrogens is 1. The standard InChI is InChI=1S/C14H14N2O2S/c1-10-2-4-12(5-3-10)19(17,18)13-8-11-6-7-15-14(11)16-9-13/h2-5,8-9H,6-7H2,1H3,(H,15,16). The molecule has 4 nitrogen and oxygen atoms in total. The van der Waals surface area contributed by atoms with Crippen LogP contribution in [0.1, 0.15) is 11.1 Å². The van der Waals surface area contributed by atoms with Crippen LogP contribution in [0, 0.1) is 6.92 Å². The number of sulfone groups is 1. The van der Waals surface area contributed by atoms with Gasteiger partial charge in [0.25, 0.3) is 0 Å². The van der Waals surface area contributed by atoms with Crippen molar-refractivity contribution in [2.75, 3.05) is 11.9 Å². The van der Waals surface area contributed by atoms with Crippen molar-refractivity contribution in [3.05, 3.63) is 47.7 Å². The predicted octanol–water partition coefficient (Wildman–Crippen LogP) is 2.19. The van der Waals surface area contributed by atoms with E-state index >= 15 is 0 Å². The molecule has 5 heteroatoms. The lowest BCUT2D eigenvalue weighted by atomic mass is 10.2. The van der Waals surface area contributed by atoms with Gasteiger partial charge in [0.15, 0.2) is 0 Å². The van der Waals surface area contributed by atoms with Gasteiger partial charge in [-0.1, -0.05) is 17.7 Å². The number of benzene rings is 1. The maximum absolute atomic E-state index is 12.5. The lowest BCUT2D eigenvalue weighted by Gasteiger charge is -2.06. The molecule has 1 aliphatic heterocycles. The number of nitrogens with one attached hydrogen (secondary N) is 1. The maximum Gasteiger partial charge on any atom is 0.208 e. The summed E-state index contributed by atoms with van der Waals surface area (Å²) in [5, 5.41) is 3.12. The Balaban J connectivity index is 2.07. The Morgan fingerprint density at radius 3 is 2.63 bits per heavy atom. The molecule has 3 rings (SSSR count). The zero-order chi connectivity index (χ0) is 13.5. The molecule has 1 aromatic carbocycles. The summed E-state index contributed by atoms with van der Waals surface area (Å²) in [6.45, 7) is 2.75. The number of pyridine rings is 1. The second-order valence-corrected chi connectivity index (χ2v) is 6.62. The minimum Gasteiger partial charge on any atom is -0.370 e. The van der Waals surface area contributed by atoms with E-state index in [0.717, 1.165) is 29.9 Å². The molecular formula is C14H14N2O2S. The van der Waals surface area contributed by atoms with Gasteiger partial charge < -0.3 is 5.32 Å². The minimum atomic E-state index is -3.47. The second kappa shape index (κ2) is 4.35. The van der Waals surface area contributed by atoms with Crippen LogP contribution in [0.2, 0.25) is 0 Å². The van der Waals surface area contributed by atoms with Crippen LogP contribution in [-0.2, 0) is 16.3 Å². The molecule has 19 heavy (non-hydrogen) atoms. The molecule has 0 unspecified atom stereocenters. The van der Waals surface area contributed by atoms with Gasteiger partial charge in [0, 0.05) is 12.7 Å². The van der Waals surface area contributed by atoms with Crippen LogP contribution >= 0.6 is 0 Å². The third-order valence-corrected chi connectivity index (χ3v) is 5.01. The highest BCUT2D eigenvalue weighted by Gasteiger charge is 2.21. The van der Waals surface area contributed by atoms with Crippen molar-refractivity contribution in [3.63, 3.8) is 0 Å². The van der Waals surface area contributed by atoms with Crippen LogP contribution in [-0.4, -0.2) is 19.9 Å². The zero-order valence-corrected chi connectivity index (χ0v) is 11.4. The monoisotopic (exact) mass is 274 g/mol. The fourth-order valence-electron chi connectivity index (χ4n) is 2.15. The van der Waals surface area contributed by atoms with Gasteiger partial charge in [0.05, 0.1) is 9.79 Å². The molecule has 0 saturated heterocycles. The average molecular weight is 274 g/mol. The van der Waals surface area contributed by atoms with Gasteiger partial charge in [-0.3, -0.25) is 0 Å². The lowest BCUT2D eigenvalue weighted by molar-refractivity contribution is 0.595. The first-order valence-electron chi connectivity index (χ1n) is 6.12. The van der Waals surface area contributed by atoms with E-state index in [9.17, 15) is 8.42 Å². The molecule has 0 fully saturated rings. The molecule has 1 aromatic heterocycles. The number of hydrogen-bond donors (Lipinski definition) is 1. The number of anilines is 1. The Hall–Kier alpha value is -1.88. The molecule has 0 saturated carbocycles. The lowest BCUT2D eigenvalue weighted by Crippen LogP contribution is -2.03. The largest absolute Gasteiger partial charge is 0.370 e. The van der Waals surface area contributed by atoms with Gasteiger partial charge in [0.2, 0.25) is 9.84 Å². The highest BCUT2D eigenvalue weighted by molar-refractivity contribution is 7.91. The van der Waals surface area contributed by atoms with E-state index in [4.69, 9.17) is 0 Å². The van der Waals surface area contributed by atoms with Gasteiger partial charge >= 0.3 is 0 Å². The Morgan fingerprint density at radius 2 is 1.89 bits per heavy atom. The van der Waals surface area contributed by atoms with Crippen molar-refractivity contribution < 1.29 is 8.42 Å². The number of nitrogens with zero attached hydrogens (tertiary/aromatic N) is 1. The molecule has 0 atom stereocenters. The summed E-state index contributed by atoms with van der Waals surface area (Å²) in [5.41, 5.74) is 2.00. The van der Waals surface area contributed by atoms with E-state index < -0.39 is 9.84 Å². The maximum atomic E-state index is 12.5. The summed E-state index contributed by atoms with van der Waals surface area (Å²) >= 11 is 0. The number of hydrogen-bond acceptors (Lipinski definition) is 4.